The van der Waals surface area contributed by atoms with Gasteiger partial charge in [0.15, 0.2) is 6.29 Å². The molecule has 1 unspecified atom stereocenters. The largest absolute Gasteiger partial charge is 0.353 e. The zero-order valence-corrected chi connectivity index (χ0v) is 11.3. The van der Waals surface area contributed by atoms with Crippen molar-refractivity contribution in [3.63, 3.8) is 0 Å². The van der Waals surface area contributed by atoms with Gasteiger partial charge < -0.3 is 9.47 Å². The second-order valence-corrected chi connectivity index (χ2v) is 6.75. The van der Waals surface area contributed by atoms with Crippen molar-refractivity contribution in [1.29, 1.82) is 0 Å². The lowest BCUT2D eigenvalue weighted by molar-refractivity contribution is -0.175. The zero-order valence-electron chi connectivity index (χ0n) is 11.3. The van der Waals surface area contributed by atoms with E-state index in [4.69, 9.17) is 9.47 Å². The first kappa shape index (κ1) is 12.0. The van der Waals surface area contributed by atoms with Gasteiger partial charge in [0.25, 0.3) is 0 Å². The van der Waals surface area contributed by atoms with Crippen LogP contribution in [0.1, 0.15) is 52.4 Å². The molecule has 0 saturated heterocycles. The van der Waals surface area contributed by atoms with Gasteiger partial charge in [-0.1, -0.05) is 0 Å². The Morgan fingerprint density at radius 1 is 1.00 bits per heavy atom. The van der Waals surface area contributed by atoms with Crippen molar-refractivity contribution in [1.82, 2.24) is 0 Å². The van der Waals surface area contributed by atoms with Crippen LogP contribution in [-0.4, -0.2) is 19.5 Å². The highest BCUT2D eigenvalue weighted by Gasteiger charge is 2.50. The first-order chi connectivity index (χ1) is 8.19. The monoisotopic (exact) mass is 238 g/mol. The summed E-state index contributed by atoms with van der Waals surface area (Å²) in [7, 11) is 0. The second-order valence-electron chi connectivity index (χ2n) is 6.75. The van der Waals surface area contributed by atoms with Gasteiger partial charge >= 0.3 is 0 Å². The van der Waals surface area contributed by atoms with E-state index in [9.17, 15) is 0 Å². The maximum Gasteiger partial charge on any atom is 0.154 e. The Hall–Kier alpha value is -0.0800. The molecule has 17 heavy (non-hydrogen) atoms. The molecule has 4 fully saturated rings. The van der Waals surface area contributed by atoms with E-state index in [-0.39, 0.29) is 6.29 Å². The molecule has 0 heterocycles. The van der Waals surface area contributed by atoms with Crippen molar-refractivity contribution in [2.45, 2.75) is 58.7 Å². The van der Waals surface area contributed by atoms with E-state index in [2.05, 4.69) is 0 Å². The fourth-order valence-electron chi connectivity index (χ4n) is 5.04. The summed E-state index contributed by atoms with van der Waals surface area (Å²) in [5.41, 5.74) is 0.528. The normalized spacial score (nSPS) is 45.2. The van der Waals surface area contributed by atoms with Gasteiger partial charge in [-0.2, -0.15) is 0 Å². The van der Waals surface area contributed by atoms with E-state index < -0.39 is 0 Å². The Morgan fingerprint density at radius 2 is 1.53 bits per heavy atom. The standard InChI is InChI=1S/C15H26O2/c1-3-16-11(2)17-10-15-7-12-4-13(8-15)6-14(5-12)9-15/h11-14H,3-10H2,1-2H3. The van der Waals surface area contributed by atoms with Crippen molar-refractivity contribution in [2.24, 2.45) is 23.2 Å². The second kappa shape index (κ2) is 4.55. The lowest BCUT2D eigenvalue weighted by Crippen LogP contribution is -2.48. The van der Waals surface area contributed by atoms with E-state index in [1.54, 1.807) is 0 Å². The van der Waals surface area contributed by atoms with Gasteiger partial charge in [0, 0.05) is 6.61 Å². The molecule has 1 atom stereocenters. The lowest BCUT2D eigenvalue weighted by Gasteiger charge is -2.56. The maximum absolute atomic E-state index is 5.94. The van der Waals surface area contributed by atoms with Crippen LogP contribution in [0.15, 0.2) is 0 Å². The number of hydrogen-bond donors (Lipinski definition) is 0. The highest BCUT2D eigenvalue weighted by atomic mass is 16.7. The van der Waals surface area contributed by atoms with Gasteiger partial charge in [0.1, 0.15) is 0 Å². The predicted octanol–water partition coefficient (Wildman–Crippen LogP) is 3.60. The van der Waals surface area contributed by atoms with E-state index in [1.807, 2.05) is 13.8 Å². The highest BCUT2D eigenvalue weighted by molar-refractivity contribution is 5.01. The summed E-state index contributed by atoms with van der Waals surface area (Å²) in [6.45, 7) is 5.76. The third-order valence-electron chi connectivity index (χ3n) is 5.19. The molecule has 0 aliphatic heterocycles. The summed E-state index contributed by atoms with van der Waals surface area (Å²) in [5.74, 6) is 3.06. The molecule has 0 radical (unpaired) electrons. The first-order valence-corrected chi connectivity index (χ1v) is 7.42. The SMILES string of the molecule is CCOC(C)OCC12CC3CC(CC(C3)C1)C2. The first-order valence-electron chi connectivity index (χ1n) is 7.42. The highest BCUT2D eigenvalue weighted by Crippen LogP contribution is 2.60. The van der Waals surface area contributed by atoms with Crippen LogP contribution >= 0.6 is 0 Å². The minimum atomic E-state index is -0.0204. The van der Waals surface area contributed by atoms with Crippen LogP contribution in [0.3, 0.4) is 0 Å². The van der Waals surface area contributed by atoms with Gasteiger partial charge in [0.2, 0.25) is 0 Å². The summed E-state index contributed by atoms with van der Waals surface area (Å²) in [6, 6.07) is 0. The number of rotatable bonds is 5. The molecule has 4 rings (SSSR count). The Bertz CT molecular complexity index is 239. The topological polar surface area (TPSA) is 18.5 Å². The molecule has 4 aliphatic rings. The molecule has 0 aromatic rings. The fraction of sp³-hybridized carbons (Fsp3) is 1.00. The molecule has 0 spiro atoms. The summed E-state index contributed by atoms with van der Waals surface area (Å²) in [5, 5.41) is 0. The third kappa shape index (κ3) is 2.39. The van der Waals surface area contributed by atoms with E-state index in [1.165, 1.54) is 38.5 Å². The molecule has 98 valence electrons. The van der Waals surface area contributed by atoms with Crippen molar-refractivity contribution < 1.29 is 9.47 Å². The van der Waals surface area contributed by atoms with Gasteiger partial charge in [0.05, 0.1) is 6.61 Å². The van der Waals surface area contributed by atoms with Crippen LogP contribution in [0.5, 0.6) is 0 Å². The molecule has 4 bridgehead atoms. The Morgan fingerprint density at radius 3 is 2.00 bits per heavy atom. The smallest absolute Gasteiger partial charge is 0.154 e. The molecule has 0 amide bonds. The van der Waals surface area contributed by atoms with Gasteiger partial charge in [-0.25, -0.2) is 0 Å². The van der Waals surface area contributed by atoms with Gasteiger partial charge in [-0.05, 0) is 75.5 Å². The molecule has 0 aromatic heterocycles. The fourth-order valence-corrected chi connectivity index (χ4v) is 5.04. The molecular weight excluding hydrogens is 212 g/mol. The predicted molar refractivity (Wildman–Crippen MR) is 67.6 cm³/mol. The Kier molecular flexibility index (Phi) is 3.20. The van der Waals surface area contributed by atoms with Gasteiger partial charge in [-0.3, -0.25) is 0 Å². The molecule has 0 aromatic carbocycles. The molecular formula is C15H26O2. The number of ether oxygens (including phenoxy) is 2. The lowest BCUT2D eigenvalue weighted by atomic mass is 9.50. The Balaban J connectivity index is 1.58. The van der Waals surface area contributed by atoms with E-state index in [0.717, 1.165) is 31.0 Å². The van der Waals surface area contributed by atoms with Crippen LogP contribution < -0.4 is 0 Å². The zero-order chi connectivity index (χ0) is 11.9. The average Bonchev–Trinajstić information content (AvgIpc) is 2.25. The quantitative estimate of drug-likeness (QED) is 0.681. The Labute approximate surface area is 105 Å². The molecule has 4 aliphatic carbocycles. The van der Waals surface area contributed by atoms with Crippen LogP contribution in [0.4, 0.5) is 0 Å². The number of hydrogen-bond acceptors (Lipinski definition) is 2. The van der Waals surface area contributed by atoms with Crippen molar-refractivity contribution in [3.8, 4) is 0 Å². The minimum Gasteiger partial charge on any atom is -0.353 e. The summed E-state index contributed by atoms with van der Waals surface area (Å²) < 4.78 is 11.4. The van der Waals surface area contributed by atoms with Crippen LogP contribution in [0.25, 0.3) is 0 Å². The summed E-state index contributed by atoms with van der Waals surface area (Å²) >= 11 is 0. The summed E-state index contributed by atoms with van der Waals surface area (Å²) in [6.07, 6.45) is 8.81. The molecule has 0 N–H and O–H groups in total. The summed E-state index contributed by atoms with van der Waals surface area (Å²) in [4.78, 5) is 0. The van der Waals surface area contributed by atoms with Crippen molar-refractivity contribution >= 4 is 0 Å². The third-order valence-corrected chi connectivity index (χ3v) is 5.19. The molecule has 4 saturated carbocycles. The molecule has 2 nitrogen and oxygen atoms in total. The van der Waals surface area contributed by atoms with Crippen LogP contribution in [-0.2, 0) is 9.47 Å². The van der Waals surface area contributed by atoms with Crippen LogP contribution in [0.2, 0.25) is 0 Å². The van der Waals surface area contributed by atoms with Gasteiger partial charge in [-0.15, -0.1) is 0 Å². The van der Waals surface area contributed by atoms with Crippen molar-refractivity contribution in [2.75, 3.05) is 13.2 Å². The molecule has 2 heteroatoms. The van der Waals surface area contributed by atoms with E-state index in [0.29, 0.717) is 5.41 Å². The van der Waals surface area contributed by atoms with Crippen molar-refractivity contribution in [3.05, 3.63) is 0 Å². The van der Waals surface area contributed by atoms with E-state index >= 15 is 0 Å². The maximum atomic E-state index is 5.94. The minimum absolute atomic E-state index is 0.0204. The average molecular weight is 238 g/mol. The van der Waals surface area contributed by atoms with Crippen LogP contribution in [0, 0.1) is 23.2 Å².